The number of alkyl halides is 4. The number of amides is 7. The molecule has 2 fully saturated rings. The Labute approximate surface area is 858 Å². The predicted octanol–water partition coefficient (Wildman–Crippen LogP) is 15.0. The van der Waals surface area contributed by atoms with E-state index >= 15 is 0 Å². The molecule has 2 aliphatic heterocycles. The summed E-state index contributed by atoms with van der Waals surface area (Å²) in [6.45, 7) is 12.2. The number of sulfonamides is 2. The fraction of sp³-hybridized carbons (Fsp3) is 0.171. The molecule has 716 valence electrons. The van der Waals surface area contributed by atoms with Crippen molar-refractivity contribution in [2.75, 3.05) is 74.4 Å². The summed E-state index contributed by atoms with van der Waals surface area (Å²) in [5.41, 5.74) is 32.7. The summed E-state index contributed by atoms with van der Waals surface area (Å²) in [5, 5.41) is 12.5. The lowest BCUT2D eigenvalue weighted by Gasteiger charge is -2.16. The zero-order valence-corrected chi connectivity index (χ0v) is 87.6. The van der Waals surface area contributed by atoms with Gasteiger partial charge in [0.05, 0.1) is 45.8 Å². The molecule has 0 aliphatic carbocycles. The van der Waals surface area contributed by atoms with Crippen LogP contribution in [0.1, 0.15) is 60.3 Å². The van der Waals surface area contributed by atoms with E-state index in [-0.39, 0.29) is 84.6 Å². The second-order valence-corrected chi connectivity index (χ2v) is 39.0. The SMILES string of the molecule is C.CCNC(=O)Nc1cn2ccc(Br)cc2n1.CCNC(=O)c1c(N(B2CO2)B2CO2)nc2cc(Br)ccn12.CCNC(=O)c1c(N)nc2cc(Br)ccn12.Cc1ccc(S(=O)(=O)N=c2cc(Br)ccn2CC(N)=O)cc1.Cc1ccc(S(=O)(=O)Nc2cc(Br)ccn2)cc1.NC(=O)CI.Nc1cc(Br)ccn1.Nc1cn2ccc(Br)cc2n1.O=C(Nc1cn2ccc(Br)cc2n1)C(F)(F)F. The van der Waals surface area contributed by atoms with Gasteiger partial charge in [0.15, 0.2) is 28.8 Å². The van der Waals surface area contributed by atoms with E-state index in [4.69, 9.17) is 32.2 Å². The third kappa shape index (κ3) is 34.1. The van der Waals surface area contributed by atoms with Gasteiger partial charge in [-0.3, -0.25) is 42.8 Å². The average molecular weight is 2530 g/mol. The number of rotatable bonds is 18. The van der Waals surface area contributed by atoms with Gasteiger partial charge in [-0.2, -0.15) is 21.6 Å². The molecule has 2 aliphatic rings. The molecule has 0 unspecified atom stereocenters. The second-order valence-electron chi connectivity index (χ2n) is 27.6. The number of hydrogen-bond acceptors (Lipinski definition) is 23. The molecule has 0 radical (unpaired) electrons. The molecule has 16 N–H and O–H groups in total. The quantitative estimate of drug-likeness (QED) is 0.0164. The summed E-state index contributed by atoms with van der Waals surface area (Å²) >= 11 is 28.3. The number of pyridine rings is 8. The number of nitrogens with two attached hydrogens (primary N) is 5. The molecule has 13 aromatic heterocycles. The Morgan fingerprint density at radius 3 is 1.38 bits per heavy atom. The van der Waals surface area contributed by atoms with Gasteiger partial charge in [-0.15, -0.1) is 4.40 Å². The van der Waals surface area contributed by atoms with Gasteiger partial charge < -0.3 is 81.7 Å². The largest absolute Gasteiger partial charge is 0.471 e. The number of imidazole rings is 5. The van der Waals surface area contributed by atoms with E-state index in [1.807, 2.05) is 138 Å². The molecule has 0 spiro atoms. The Bertz CT molecular complexity index is 7040. The van der Waals surface area contributed by atoms with Gasteiger partial charge >= 0.3 is 32.2 Å². The molecular weight excluding hydrogens is 2450 g/mol. The summed E-state index contributed by atoms with van der Waals surface area (Å²) in [5.74, 6) is -0.657. The number of nitrogens with one attached hydrogen (secondary N) is 6. The fourth-order valence-electron chi connectivity index (χ4n) is 11.1. The number of fused-ring (bicyclic) bond motifs is 5. The van der Waals surface area contributed by atoms with Crippen LogP contribution < -0.4 is 70.2 Å². The Morgan fingerprint density at radius 2 is 0.919 bits per heavy atom. The van der Waals surface area contributed by atoms with Crippen LogP contribution in [0.2, 0.25) is 0 Å². The van der Waals surface area contributed by atoms with Crippen molar-refractivity contribution >= 4 is 289 Å². The van der Waals surface area contributed by atoms with Crippen LogP contribution in [0.15, 0.2) is 264 Å². The molecule has 7 amide bonds. The number of nitrogens with zero attached hydrogens (tertiary/aromatic N) is 15. The van der Waals surface area contributed by atoms with Crippen LogP contribution in [0.25, 0.3) is 28.2 Å². The minimum atomic E-state index is -4.92. The highest BCUT2D eigenvalue weighted by Crippen LogP contribution is 2.33. The zero-order chi connectivity index (χ0) is 98.8. The lowest BCUT2D eigenvalue weighted by Crippen LogP contribution is -2.39. The number of primary amides is 2. The third-order valence-corrected chi connectivity index (χ3v) is 24.5. The minimum Gasteiger partial charge on any atom is -0.418 e. The molecule has 2 saturated heterocycles. The van der Waals surface area contributed by atoms with Crippen molar-refractivity contribution in [2.24, 2.45) is 15.9 Å². The van der Waals surface area contributed by atoms with Gasteiger partial charge in [-0.1, -0.05) is 193 Å². The van der Waals surface area contributed by atoms with Gasteiger partial charge in [-0.05, 0) is 156 Å². The van der Waals surface area contributed by atoms with Crippen molar-refractivity contribution in [1.82, 2.24) is 77.4 Å². The van der Waals surface area contributed by atoms with E-state index in [2.05, 4.69) is 198 Å². The third-order valence-electron chi connectivity index (χ3n) is 17.2. The maximum Gasteiger partial charge on any atom is 0.471 e. The van der Waals surface area contributed by atoms with Crippen molar-refractivity contribution < 1.29 is 68.1 Å². The molecule has 54 heteroatoms. The van der Waals surface area contributed by atoms with E-state index in [0.29, 0.717) is 93.1 Å². The molecule has 15 aromatic rings. The van der Waals surface area contributed by atoms with Gasteiger partial charge in [0, 0.05) is 105 Å². The Kier molecular flexibility index (Phi) is 41.8. The maximum atomic E-state index is 12.5. The number of urea groups is 1. The first-order valence-electron chi connectivity index (χ1n) is 39.2. The lowest BCUT2D eigenvalue weighted by atomic mass is 9.76. The van der Waals surface area contributed by atoms with Crippen LogP contribution in [0.3, 0.4) is 0 Å². The monoisotopic (exact) mass is 2530 g/mol. The van der Waals surface area contributed by atoms with Crippen molar-refractivity contribution in [2.45, 2.75) is 64.6 Å². The number of carbonyl (C=O) groups is 6. The fourth-order valence-corrected chi connectivity index (χ4v) is 15.7. The average Bonchev–Trinajstić information content (AvgIpc) is 1.59. The van der Waals surface area contributed by atoms with Crippen LogP contribution in [-0.2, 0) is 50.3 Å². The van der Waals surface area contributed by atoms with E-state index in [0.717, 1.165) is 53.7 Å². The summed E-state index contributed by atoms with van der Waals surface area (Å²) in [6, 6.07) is 41.2. The molecule has 0 atom stereocenters. The molecule has 2 aromatic carbocycles. The number of halogens is 12. The zero-order valence-electron chi connectivity index (χ0n) is 71.2. The van der Waals surface area contributed by atoms with Crippen molar-refractivity contribution in [1.29, 1.82) is 0 Å². The number of anilines is 7. The Balaban J connectivity index is 0.000000192. The number of nitrogen functional groups attached to an aromatic ring is 3. The molecule has 0 bridgehead atoms. The highest BCUT2D eigenvalue weighted by atomic mass is 127. The first-order chi connectivity index (χ1) is 63.9. The van der Waals surface area contributed by atoms with Crippen LogP contribution in [0.4, 0.5) is 58.7 Å². The molecule has 38 nitrogen and oxygen atoms in total. The number of carbonyl (C=O) groups excluding carboxylic acids is 6. The van der Waals surface area contributed by atoms with Crippen LogP contribution in [0, 0.1) is 13.8 Å². The van der Waals surface area contributed by atoms with Crippen LogP contribution in [0.5, 0.6) is 0 Å². The maximum absolute atomic E-state index is 12.5. The van der Waals surface area contributed by atoms with Gasteiger partial charge in [0.2, 0.25) is 11.8 Å². The van der Waals surface area contributed by atoms with Gasteiger partial charge in [0.1, 0.15) is 63.5 Å². The van der Waals surface area contributed by atoms with Gasteiger partial charge in [0.25, 0.3) is 31.9 Å². The first kappa shape index (κ1) is 110. The first-order valence-corrected chi connectivity index (χ1v) is 50.0. The summed E-state index contributed by atoms with van der Waals surface area (Å²) in [7, 11) is -7.58. The Morgan fingerprint density at radius 1 is 0.500 bits per heavy atom. The normalized spacial score (nSPS) is 11.7. The number of hydrogen-bond donors (Lipinski definition) is 11. The van der Waals surface area contributed by atoms with E-state index < -0.39 is 38.0 Å². The minimum absolute atomic E-state index is 0. The van der Waals surface area contributed by atoms with Crippen LogP contribution >= 0.6 is 150 Å². The highest BCUT2D eigenvalue weighted by Gasteiger charge is 2.52. The predicted molar refractivity (Wildman–Crippen MR) is 553 cm³/mol. The number of aromatic nitrogens is 13. The molecular formula is C82H84B2Br8F3IN26O12S2. The number of aryl methyl sites for hydroxylation is 2. The van der Waals surface area contributed by atoms with E-state index in [1.165, 1.54) is 39.6 Å². The molecule has 17 rings (SSSR count). The standard InChI is InChI=1S/C14H14BrN3O3S.C12H13B2BrN4O3.C12H11BrN2O2S.2C10H11BrN4O.C9H5BrF3N3O.C7H6BrN3.C5H5BrN2.C2H4INO.CH4/c1-10-2-4-12(5-3-10)22(20,21)17-14-8-11(15)6-7-18(14)9-13(16)19;1-2-16-12(20)10-11(19(13-6-21-13)14-7-22-14)17-9-5-8(15)3-4-18(9)10;1-9-2-4-11(5-3-9)18(16,17)15-12-8-10(13)6-7-14-12;1-2-12-10(16)14-8-6-15-4-3-7(11)5-9(15)13-8;1-2-13-10(16)8-9(12)14-7-5-6(11)3-4-15(7)8;10-5-1-2-16-4-6(14-7(16)3-5)15-8(17)9(11,12)13;8-5-1-2-11-4-6(9)10-7(11)3-5;6-4-1-2-8-5(7)3-4;3-1-2(4)5;/h2-8H,9H2,1H3,(H2,16,19);3-5H,2,6-7H2,1H3,(H,16,20);2-8H,1H3,(H,14,15);3-6H,2H2,1H3,(H2,12,14,16);3-5H,2,12H2,1H3,(H,13,16);1-4H,(H,15,17);1-4H,9H2;1-3H,(H2,7,8);1H2,(H2,4,5);1H4. The number of benzene rings is 2. The summed E-state index contributed by atoms with van der Waals surface area (Å²) in [6.07, 6.45) is 13.6. The smallest absolute Gasteiger partial charge is 0.418 e. The molecule has 0 saturated carbocycles. The highest BCUT2D eigenvalue weighted by molar-refractivity contribution is 14.1. The topological polar surface area (TPSA) is 531 Å². The Hall–Kier alpha value is -10.9. The van der Waals surface area contributed by atoms with Crippen molar-refractivity contribution in [3.8, 4) is 0 Å². The molecule has 15 heterocycles. The van der Waals surface area contributed by atoms with Crippen LogP contribution in [-0.4, -0.2) is 171 Å². The van der Waals surface area contributed by atoms with Crippen molar-refractivity contribution in [3.05, 3.63) is 278 Å². The van der Waals surface area contributed by atoms with Gasteiger partial charge in [-0.25, -0.2) is 48.1 Å². The second kappa shape index (κ2) is 51.5. The molecule has 136 heavy (non-hydrogen) atoms. The summed E-state index contributed by atoms with van der Waals surface area (Å²) in [4.78, 5) is 95.9. The van der Waals surface area contributed by atoms with E-state index in [9.17, 15) is 58.8 Å². The van der Waals surface area contributed by atoms with Crippen molar-refractivity contribution in [3.63, 3.8) is 0 Å². The lowest BCUT2D eigenvalue weighted by molar-refractivity contribution is -0.167. The van der Waals surface area contributed by atoms with E-state index in [1.54, 1.807) is 130 Å². The summed E-state index contributed by atoms with van der Waals surface area (Å²) < 4.78 is 121.